The van der Waals surface area contributed by atoms with Crippen molar-refractivity contribution in [2.75, 3.05) is 13.1 Å². The SMILES string of the molecule is CCNCCCc1nnc(-c2cc(C)ccc2C)o1. The molecule has 102 valence electrons. The van der Waals surface area contributed by atoms with E-state index in [-0.39, 0.29) is 0 Å². The van der Waals surface area contributed by atoms with Crippen LogP contribution in [0.25, 0.3) is 11.5 Å². The van der Waals surface area contributed by atoms with Gasteiger partial charge < -0.3 is 9.73 Å². The van der Waals surface area contributed by atoms with Crippen molar-refractivity contribution >= 4 is 0 Å². The number of nitrogens with one attached hydrogen (secondary N) is 1. The van der Waals surface area contributed by atoms with E-state index in [4.69, 9.17) is 4.42 Å². The van der Waals surface area contributed by atoms with E-state index in [1.165, 1.54) is 5.56 Å². The number of nitrogens with zero attached hydrogens (tertiary/aromatic N) is 2. The molecular weight excluding hydrogens is 238 g/mol. The van der Waals surface area contributed by atoms with Gasteiger partial charge in [-0.2, -0.15) is 0 Å². The molecule has 1 aromatic carbocycles. The summed E-state index contributed by atoms with van der Waals surface area (Å²) in [5, 5.41) is 11.6. The number of benzene rings is 1. The van der Waals surface area contributed by atoms with Crippen LogP contribution in [0.2, 0.25) is 0 Å². The van der Waals surface area contributed by atoms with E-state index in [1.54, 1.807) is 0 Å². The molecule has 0 atom stereocenters. The van der Waals surface area contributed by atoms with Crippen molar-refractivity contribution in [1.82, 2.24) is 15.5 Å². The monoisotopic (exact) mass is 259 g/mol. The van der Waals surface area contributed by atoms with Crippen molar-refractivity contribution in [1.29, 1.82) is 0 Å². The zero-order chi connectivity index (χ0) is 13.7. The summed E-state index contributed by atoms with van der Waals surface area (Å²) in [6.07, 6.45) is 1.84. The highest BCUT2D eigenvalue weighted by Crippen LogP contribution is 2.23. The van der Waals surface area contributed by atoms with Crippen molar-refractivity contribution in [2.45, 2.75) is 33.6 Å². The maximum absolute atomic E-state index is 5.74. The Kier molecular flexibility index (Phi) is 4.68. The van der Waals surface area contributed by atoms with Crippen LogP contribution in [0, 0.1) is 13.8 Å². The third-order valence-corrected chi connectivity index (χ3v) is 3.08. The van der Waals surface area contributed by atoms with Crippen LogP contribution in [0.1, 0.15) is 30.4 Å². The molecule has 0 aliphatic carbocycles. The average Bonchev–Trinajstić information content (AvgIpc) is 2.86. The van der Waals surface area contributed by atoms with Crippen LogP contribution in [0.4, 0.5) is 0 Å². The van der Waals surface area contributed by atoms with Gasteiger partial charge in [-0.15, -0.1) is 10.2 Å². The van der Waals surface area contributed by atoms with Crippen LogP contribution in [0.15, 0.2) is 22.6 Å². The molecule has 0 aliphatic heterocycles. The number of hydrogen-bond acceptors (Lipinski definition) is 4. The fourth-order valence-electron chi connectivity index (χ4n) is 1.97. The Morgan fingerprint density at radius 1 is 1.21 bits per heavy atom. The van der Waals surface area contributed by atoms with Gasteiger partial charge >= 0.3 is 0 Å². The van der Waals surface area contributed by atoms with E-state index in [2.05, 4.69) is 54.5 Å². The van der Waals surface area contributed by atoms with Gasteiger partial charge in [-0.05, 0) is 45.0 Å². The summed E-state index contributed by atoms with van der Waals surface area (Å²) in [6.45, 7) is 8.21. The zero-order valence-electron chi connectivity index (χ0n) is 11.9. The van der Waals surface area contributed by atoms with Crippen molar-refractivity contribution < 1.29 is 4.42 Å². The van der Waals surface area contributed by atoms with E-state index >= 15 is 0 Å². The summed E-state index contributed by atoms with van der Waals surface area (Å²) < 4.78 is 5.74. The predicted molar refractivity (Wildman–Crippen MR) is 76.1 cm³/mol. The maximum atomic E-state index is 5.74. The third kappa shape index (κ3) is 3.64. The van der Waals surface area contributed by atoms with Crippen molar-refractivity contribution in [3.8, 4) is 11.5 Å². The van der Waals surface area contributed by atoms with Crippen molar-refractivity contribution in [3.63, 3.8) is 0 Å². The van der Waals surface area contributed by atoms with Crippen LogP contribution < -0.4 is 5.32 Å². The molecular formula is C15H21N3O. The quantitative estimate of drug-likeness (QED) is 0.810. The van der Waals surface area contributed by atoms with Gasteiger partial charge in [-0.25, -0.2) is 0 Å². The van der Waals surface area contributed by atoms with E-state index in [0.29, 0.717) is 11.8 Å². The van der Waals surface area contributed by atoms with Gasteiger partial charge in [0.1, 0.15) is 0 Å². The summed E-state index contributed by atoms with van der Waals surface area (Å²) in [5.41, 5.74) is 3.39. The third-order valence-electron chi connectivity index (χ3n) is 3.08. The van der Waals surface area contributed by atoms with E-state index < -0.39 is 0 Å². The maximum Gasteiger partial charge on any atom is 0.248 e. The van der Waals surface area contributed by atoms with Gasteiger partial charge in [0.2, 0.25) is 11.8 Å². The fourth-order valence-corrected chi connectivity index (χ4v) is 1.97. The van der Waals surface area contributed by atoms with Gasteiger partial charge in [0.25, 0.3) is 0 Å². The molecule has 0 radical (unpaired) electrons. The molecule has 2 aromatic rings. The van der Waals surface area contributed by atoms with Gasteiger partial charge in [0.15, 0.2) is 0 Å². The van der Waals surface area contributed by atoms with E-state index in [0.717, 1.165) is 37.1 Å². The smallest absolute Gasteiger partial charge is 0.248 e. The van der Waals surface area contributed by atoms with Gasteiger partial charge in [-0.1, -0.05) is 24.6 Å². The highest BCUT2D eigenvalue weighted by atomic mass is 16.4. The number of rotatable bonds is 6. The molecule has 0 aliphatic rings. The minimum atomic E-state index is 0.625. The van der Waals surface area contributed by atoms with Crippen LogP contribution in [0.3, 0.4) is 0 Å². The van der Waals surface area contributed by atoms with Crippen molar-refractivity contribution in [2.24, 2.45) is 0 Å². The molecule has 1 heterocycles. The average molecular weight is 259 g/mol. The molecule has 0 fully saturated rings. The Labute approximate surface area is 114 Å². The molecule has 4 nitrogen and oxygen atoms in total. The Morgan fingerprint density at radius 3 is 2.84 bits per heavy atom. The Morgan fingerprint density at radius 2 is 2.05 bits per heavy atom. The minimum Gasteiger partial charge on any atom is -0.421 e. The first-order chi connectivity index (χ1) is 9.20. The largest absolute Gasteiger partial charge is 0.421 e. The molecule has 4 heteroatoms. The minimum absolute atomic E-state index is 0.625. The number of aryl methyl sites for hydroxylation is 3. The number of hydrogen-bond donors (Lipinski definition) is 1. The summed E-state index contributed by atoms with van der Waals surface area (Å²) >= 11 is 0. The lowest BCUT2D eigenvalue weighted by Gasteiger charge is -2.02. The molecule has 2 rings (SSSR count). The molecule has 0 unspecified atom stereocenters. The lowest BCUT2D eigenvalue weighted by atomic mass is 10.1. The molecule has 0 bridgehead atoms. The summed E-state index contributed by atoms with van der Waals surface area (Å²) in [5.74, 6) is 1.34. The number of aromatic nitrogens is 2. The molecule has 19 heavy (non-hydrogen) atoms. The second kappa shape index (κ2) is 6.48. The molecule has 0 spiro atoms. The molecule has 1 aromatic heterocycles. The second-order valence-electron chi connectivity index (χ2n) is 4.78. The Bertz CT molecular complexity index is 534. The molecule has 0 saturated heterocycles. The summed E-state index contributed by atoms with van der Waals surface area (Å²) in [7, 11) is 0. The first kappa shape index (κ1) is 13.7. The Hall–Kier alpha value is -1.68. The van der Waals surface area contributed by atoms with Gasteiger partial charge in [0, 0.05) is 12.0 Å². The second-order valence-corrected chi connectivity index (χ2v) is 4.78. The lowest BCUT2D eigenvalue weighted by Crippen LogP contribution is -2.14. The highest BCUT2D eigenvalue weighted by Gasteiger charge is 2.10. The lowest BCUT2D eigenvalue weighted by molar-refractivity contribution is 0.492. The summed E-state index contributed by atoms with van der Waals surface area (Å²) in [4.78, 5) is 0. The van der Waals surface area contributed by atoms with Crippen LogP contribution in [-0.2, 0) is 6.42 Å². The predicted octanol–water partition coefficient (Wildman–Crippen LogP) is 2.90. The van der Waals surface area contributed by atoms with Crippen LogP contribution in [-0.4, -0.2) is 23.3 Å². The van der Waals surface area contributed by atoms with Gasteiger partial charge in [0.05, 0.1) is 0 Å². The highest BCUT2D eigenvalue weighted by molar-refractivity contribution is 5.59. The van der Waals surface area contributed by atoms with E-state index in [1.807, 2.05) is 0 Å². The molecule has 0 amide bonds. The van der Waals surface area contributed by atoms with Crippen molar-refractivity contribution in [3.05, 3.63) is 35.2 Å². The normalized spacial score (nSPS) is 10.9. The van der Waals surface area contributed by atoms with Crippen LogP contribution >= 0.6 is 0 Å². The summed E-state index contributed by atoms with van der Waals surface area (Å²) in [6, 6.07) is 6.26. The molecule has 1 N–H and O–H groups in total. The standard InChI is InChI=1S/C15H21N3O/c1-4-16-9-5-6-14-17-18-15(19-14)13-10-11(2)7-8-12(13)3/h7-8,10,16H,4-6,9H2,1-3H3. The first-order valence-electron chi connectivity index (χ1n) is 6.81. The first-order valence-corrected chi connectivity index (χ1v) is 6.81. The van der Waals surface area contributed by atoms with E-state index in [9.17, 15) is 0 Å². The topological polar surface area (TPSA) is 51.0 Å². The zero-order valence-corrected chi connectivity index (χ0v) is 11.9. The van der Waals surface area contributed by atoms with Gasteiger partial charge in [-0.3, -0.25) is 0 Å². The molecule has 0 saturated carbocycles. The van der Waals surface area contributed by atoms with Crippen LogP contribution in [0.5, 0.6) is 0 Å². The Balaban J connectivity index is 2.06. The fraction of sp³-hybridized carbons (Fsp3) is 0.467.